The van der Waals surface area contributed by atoms with Crippen molar-refractivity contribution in [1.29, 1.82) is 0 Å². The van der Waals surface area contributed by atoms with Gasteiger partial charge in [0, 0.05) is 19.2 Å². The second kappa shape index (κ2) is 5.58. The van der Waals surface area contributed by atoms with Gasteiger partial charge in [0.25, 0.3) is 0 Å². The predicted molar refractivity (Wildman–Crippen MR) is 52.6 cm³/mol. The molecule has 0 radical (unpaired) electrons. The molecule has 0 spiro atoms. The number of rotatable bonds is 5. The lowest BCUT2D eigenvalue weighted by atomic mass is 10.1. The molecular formula is C10H21NO2. The van der Waals surface area contributed by atoms with Gasteiger partial charge in [0.05, 0.1) is 6.10 Å². The molecule has 13 heavy (non-hydrogen) atoms. The number of hydrogen-bond acceptors (Lipinski definition) is 3. The second-order valence-electron chi connectivity index (χ2n) is 3.77. The van der Waals surface area contributed by atoms with Crippen LogP contribution in [0.3, 0.4) is 0 Å². The van der Waals surface area contributed by atoms with Crippen LogP contribution in [0.5, 0.6) is 0 Å². The lowest BCUT2D eigenvalue weighted by Gasteiger charge is -2.29. The van der Waals surface area contributed by atoms with Crippen molar-refractivity contribution >= 4 is 0 Å². The first kappa shape index (κ1) is 11.0. The standard InChI is InChI=1S/C10H21NO2/c1-2-11(7-4-8-12)9-5-3-6-10(9)13/h9-10,12-13H,2-8H2,1H3/t9-,10-/m1/s1. The highest BCUT2D eigenvalue weighted by atomic mass is 16.3. The summed E-state index contributed by atoms with van der Waals surface area (Å²) in [5, 5.41) is 18.4. The predicted octanol–water partition coefficient (Wildman–Crippen LogP) is 0.604. The zero-order valence-electron chi connectivity index (χ0n) is 8.45. The largest absolute Gasteiger partial charge is 0.396 e. The van der Waals surface area contributed by atoms with Crippen molar-refractivity contribution in [1.82, 2.24) is 4.90 Å². The van der Waals surface area contributed by atoms with Gasteiger partial charge in [-0.3, -0.25) is 4.90 Å². The Balaban J connectivity index is 2.35. The molecule has 0 aromatic carbocycles. The summed E-state index contributed by atoms with van der Waals surface area (Å²) in [6.45, 7) is 4.25. The molecule has 0 unspecified atom stereocenters. The van der Waals surface area contributed by atoms with E-state index in [4.69, 9.17) is 5.11 Å². The van der Waals surface area contributed by atoms with Crippen molar-refractivity contribution in [3.63, 3.8) is 0 Å². The van der Waals surface area contributed by atoms with Gasteiger partial charge in [-0.2, -0.15) is 0 Å². The van der Waals surface area contributed by atoms with Gasteiger partial charge in [-0.25, -0.2) is 0 Å². The Kier molecular flexibility index (Phi) is 4.70. The van der Waals surface area contributed by atoms with E-state index in [1.54, 1.807) is 0 Å². The minimum atomic E-state index is -0.140. The van der Waals surface area contributed by atoms with Gasteiger partial charge in [-0.1, -0.05) is 6.92 Å². The summed E-state index contributed by atoms with van der Waals surface area (Å²) < 4.78 is 0. The van der Waals surface area contributed by atoms with Crippen LogP contribution in [0.1, 0.15) is 32.6 Å². The van der Waals surface area contributed by atoms with Crippen LogP contribution in [0.15, 0.2) is 0 Å². The minimum absolute atomic E-state index is 0.140. The fraction of sp³-hybridized carbons (Fsp3) is 1.00. The molecule has 0 aromatic heterocycles. The highest BCUT2D eigenvalue weighted by molar-refractivity contribution is 4.84. The first-order valence-corrected chi connectivity index (χ1v) is 5.32. The fourth-order valence-electron chi connectivity index (χ4n) is 2.18. The Bertz CT molecular complexity index is 141. The van der Waals surface area contributed by atoms with Gasteiger partial charge in [0.15, 0.2) is 0 Å². The molecule has 0 saturated heterocycles. The maximum Gasteiger partial charge on any atom is 0.0695 e. The zero-order chi connectivity index (χ0) is 9.68. The van der Waals surface area contributed by atoms with Crippen LogP contribution in [0.4, 0.5) is 0 Å². The molecule has 0 aliphatic heterocycles. The van der Waals surface area contributed by atoms with Crippen molar-refractivity contribution in [3.8, 4) is 0 Å². The van der Waals surface area contributed by atoms with E-state index >= 15 is 0 Å². The molecule has 2 N–H and O–H groups in total. The lowest BCUT2D eigenvalue weighted by molar-refractivity contribution is 0.0697. The Morgan fingerprint density at radius 3 is 2.62 bits per heavy atom. The van der Waals surface area contributed by atoms with Crippen molar-refractivity contribution in [2.45, 2.75) is 44.8 Å². The van der Waals surface area contributed by atoms with Crippen LogP contribution in [-0.2, 0) is 0 Å². The normalized spacial score (nSPS) is 28.6. The Morgan fingerprint density at radius 2 is 2.15 bits per heavy atom. The Morgan fingerprint density at radius 1 is 1.38 bits per heavy atom. The van der Waals surface area contributed by atoms with E-state index in [2.05, 4.69) is 11.8 Å². The topological polar surface area (TPSA) is 43.7 Å². The molecule has 3 nitrogen and oxygen atoms in total. The molecule has 1 saturated carbocycles. The summed E-state index contributed by atoms with van der Waals surface area (Å²) in [5.74, 6) is 0. The van der Waals surface area contributed by atoms with Gasteiger partial charge < -0.3 is 10.2 Å². The Hall–Kier alpha value is -0.120. The molecular weight excluding hydrogens is 166 g/mol. The molecule has 0 aromatic rings. The van der Waals surface area contributed by atoms with E-state index in [-0.39, 0.29) is 12.7 Å². The molecule has 0 heterocycles. The van der Waals surface area contributed by atoms with Gasteiger partial charge in [-0.05, 0) is 32.2 Å². The Labute approximate surface area is 80.4 Å². The van der Waals surface area contributed by atoms with Crippen LogP contribution in [-0.4, -0.2) is 47.0 Å². The van der Waals surface area contributed by atoms with E-state index in [0.717, 1.165) is 38.8 Å². The van der Waals surface area contributed by atoms with Crippen molar-refractivity contribution in [3.05, 3.63) is 0 Å². The summed E-state index contributed by atoms with van der Waals surface area (Å²) in [6.07, 6.45) is 3.87. The summed E-state index contributed by atoms with van der Waals surface area (Å²) in [5.41, 5.74) is 0. The van der Waals surface area contributed by atoms with Gasteiger partial charge in [-0.15, -0.1) is 0 Å². The monoisotopic (exact) mass is 187 g/mol. The maximum atomic E-state index is 9.69. The zero-order valence-corrected chi connectivity index (χ0v) is 8.45. The van der Waals surface area contributed by atoms with Crippen LogP contribution in [0.2, 0.25) is 0 Å². The third-order valence-electron chi connectivity index (χ3n) is 2.92. The summed E-state index contributed by atoms with van der Waals surface area (Å²) >= 11 is 0. The van der Waals surface area contributed by atoms with Crippen LogP contribution < -0.4 is 0 Å². The number of aliphatic hydroxyl groups is 2. The number of aliphatic hydroxyl groups excluding tert-OH is 2. The smallest absolute Gasteiger partial charge is 0.0695 e. The summed E-state index contributed by atoms with van der Waals surface area (Å²) in [6, 6.07) is 0.344. The second-order valence-corrected chi connectivity index (χ2v) is 3.77. The van der Waals surface area contributed by atoms with E-state index < -0.39 is 0 Å². The van der Waals surface area contributed by atoms with E-state index in [1.165, 1.54) is 0 Å². The minimum Gasteiger partial charge on any atom is -0.396 e. The first-order chi connectivity index (χ1) is 6.29. The van der Waals surface area contributed by atoms with Crippen LogP contribution in [0, 0.1) is 0 Å². The quantitative estimate of drug-likeness (QED) is 0.662. The third-order valence-corrected chi connectivity index (χ3v) is 2.92. The lowest BCUT2D eigenvalue weighted by Crippen LogP contribution is -2.41. The molecule has 2 atom stereocenters. The third kappa shape index (κ3) is 2.93. The number of hydrogen-bond donors (Lipinski definition) is 2. The molecule has 1 aliphatic rings. The van der Waals surface area contributed by atoms with E-state index in [9.17, 15) is 5.11 Å². The molecule has 1 fully saturated rings. The van der Waals surface area contributed by atoms with E-state index in [0.29, 0.717) is 6.04 Å². The molecule has 3 heteroatoms. The van der Waals surface area contributed by atoms with Crippen molar-refractivity contribution in [2.75, 3.05) is 19.7 Å². The molecule has 0 amide bonds. The highest BCUT2D eigenvalue weighted by Gasteiger charge is 2.29. The van der Waals surface area contributed by atoms with Gasteiger partial charge >= 0.3 is 0 Å². The highest BCUT2D eigenvalue weighted by Crippen LogP contribution is 2.23. The van der Waals surface area contributed by atoms with Crippen LogP contribution >= 0.6 is 0 Å². The molecule has 0 bridgehead atoms. The molecule has 78 valence electrons. The first-order valence-electron chi connectivity index (χ1n) is 5.32. The summed E-state index contributed by atoms with van der Waals surface area (Å²) in [4.78, 5) is 2.29. The maximum absolute atomic E-state index is 9.69. The average molecular weight is 187 g/mol. The summed E-state index contributed by atoms with van der Waals surface area (Å²) in [7, 11) is 0. The average Bonchev–Trinajstić information content (AvgIpc) is 2.54. The number of likely N-dealkylation sites (N-methyl/N-ethyl adjacent to an activating group) is 1. The van der Waals surface area contributed by atoms with Gasteiger partial charge in [0.1, 0.15) is 0 Å². The fourth-order valence-corrected chi connectivity index (χ4v) is 2.18. The SMILES string of the molecule is CCN(CCCO)[C@@H]1CCC[C@H]1O. The van der Waals surface area contributed by atoms with Crippen molar-refractivity contribution in [2.24, 2.45) is 0 Å². The molecule has 1 rings (SSSR count). The number of nitrogens with zero attached hydrogens (tertiary/aromatic N) is 1. The van der Waals surface area contributed by atoms with E-state index in [1.807, 2.05) is 0 Å². The van der Waals surface area contributed by atoms with Gasteiger partial charge in [0.2, 0.25) is 0 Å². The van der Waals surface area contributed by atoms with Crippen LogP contribution in [0.25, 0.3) is 0 Å². The molecule has 1 aliphatic carbocycles. The van der Waals surface area contributed by atoms with Crippen molar-refractivity contribution < 1.29 is 10.2 Å².